The van der Waals surface area contributed by atoms with Crippen molar-refractivity contribution in [1.82, 2.24) is 14.9 Å². The van der Waals surface area contributed by atoms with E-state index in [2.05, 4.69) is 54.3 Å². The second-order valence-electron chi connectivity index (χ2n) is 6.40. The van der Waals surface area contributed by atoms with Crippen LogP contribution >= 0.6 is 27.3 Å². The Morgan fingerprint density at radius 2 is 2.00 bits per heavy atom. The van der Waals surface area contributed by atoms with E-state index < -0.39 is 0 Å². The van der Waals surface area contributed by atoms with Crippen LogP contribution in [0, 0.1) is 11.3 Å². The molecule has 7 heteroatoms. The third-order valence-electron chi connectivity index (χ3n) is 4.59. The zero-order chi connectivity index (χ0) is 18.6. The first-order valence-corrected chi connectivity index (χ1v) is 10.4. The molecule has 5 nitrogen and oxygen atoms in total. The number of nitriles is 1. The summed E-state index contributed by atoms with van der Waals surface area (Å²) in [5.74, 6) is 0.797. The van der Waals surface area contributed by atoms with Crippen LogP contribution in [0.4, 0.5) is 5.82 Å². The number of aromatic nitrogens is 2. The third-order valence-corrected chi connectivity index (χ3v) is 6.02. The predicted octanol–water partition coefficient (Wildman–Crippen LogP) is 4.16. The summed E-state index contributed by atoms with van der Waals surface area (Å²) in [4.78, 5) is 13.8. The summed E-state index contributed by atoms with van der Waals surface area (Å²) in [5.41, 5.74) is 2.90. The Balaban J connectivity index is 1.38. The highest BCUT2D eigenvalue weighted by Crippen LogP contribution is 2.27. The van der Waals surface area contributed by atoms with E-state index >= 15 is 0 Å². The fourth-order valence-electron chi connectivity index (χ4n) is 3.22. The van der Waals surface area contributed by atoms with Gasteiger partial charge in [0, 0.05) is 54.3 Å². The standard InChI is InChI=1S/C20H18BrN5S/c21-17-5-1-3-15(11-17)20-24-18(14-27-20)13-25-7-9-26(10-8-25)19-16(12-22)4-2-6-23-19/h1-6,11,14H,7-10,13H2. The van der Waals surface area contributed by atoms with Gasteiger partial charge in [-0.1, -0.05) is 28.1 Å². The van der Waals surface area contributed by atoms with E-state index in [0.717, 1.165) is 59.3 Å². The largest absolute Gasteiger partial charge is 0.353 e. The molecule has 1 saturated heterocycles. The maximum Gasteiger partial charge on any atom is 0.146 e. The smallest absolute Gasteiger partial charge is 0.146 e. The molecule has 0 N–H and O–H groups in total. The van der Waals surface area contributed by atoms with E-state index in [4.69, 9.17) is 4.98 Å². The van der Waals surface area contributed by atoms with Crippen LogP contribution in [0.15, 0.2) is 52.4 Å². The number of hydrogen-bond acceptors (Lipinski definition) is 6. The second-order valence-corrected chi connectivity index (χ2v) is 8.18. The Morgan fingerprint density at radius 1 is 1.15 bits per heavy atom. The minimum atomic E-state index is 0.643. The lowest BCUT2D eigenvalue weighted by molar-refractivity contribution is 0.247. The average Bonchev–Trinajstić information content (AvgIpc) is 3.17. The van der Waals surface area contributed by atoms with Crippen molar-refractivity contribution < 1.29 is 0 Å². The first-order valence-electron chi connectivity index (χ1n) is 8.76. The maximum atomic E-state index is 9.27. The van der Waals surface area contributed by atoms with Crippen molar-refractivity contribution in [2.24, 2.45) is 0 Å². The second kappa shape index (κ2) is 8.17. The number of thiazole rings is 1. The molecule has 0 saturated carbocycles. The van der Waals surface area contributed by atoms with Gasteiger partial charge in [-0.15, -0.1) is 11.3 Å². The summed E-state index contributed by atoms with van der Waals surface area (Å²) in [6.45, 7) is 4.46. The summed E-state index contributed by atoms with van der Waals surface area (Å²) in [6.07, 6.45) is 1.75. The van der Waals surface area contributed by atoms with Crippen LogP contribution in [0.2, 0.25) is 0 Å². The minimum absolute atomic E-state index is 0.643. The summed E-state index contributed by atoms with van der Waals surface area (Å²) in [5, 5.41) is 12.5. The quantitative estimate of drug-likeness (QED) is 0.610. The minimum Gasteiger partial charge on any atom is -0.353 e. The molecule has 1 aliphatic rings. The molecular formula is C20H18BrN5S. The lowest BCUT2D eigenvalue weighted by Gasteiger charge is -2.35. The van der Waals surface area contributed by atoms with Gasteiger partial charge in [0.15, 0.2) is 0 Å². The Kier molecular flexibility index (Phi) is 5.48. The van der Waals surface area contributed by atoms with Crippen molar-refractivity contribution in [2.75, 3.05) is 31.1 Å². The van der Waals surface area contributed by atoms with Gasteiger partial charge in [0.2, 0.25) is 0 Å². The molecule has 3 heterocycles. The highest BCUT2D eigenvalue weighted by molar-refractivity contribution is 9.10. The van der Waals surface area contributed by atoms with E-state index in [1.54, 1.807) is 17.5 Å². The zero-order valence-electron chi connectivity index (χ0n) is 14.7. The van der Waals surface area contributed by atoms with Crippen LogP contribution < -0.4 is 4.90 Å². The van der Waals surface area contributed by atoms with Crippen LogP contribution in [0.5, 0.6) is 0 Å². The normalized spacial score (nSPS) is 14.9. The van der Waals surface area contributed by atoms with Gasteiger partial charge in [-0.3, -0.25) is 4.90 Å². The maximum absolute atomic E-state index is 9.27. The molecule has 0 bridgehead atoms. The number of rotatable bonds is 4. The molecular weight excluding hydrogens is 422 g/mol. The first-order chi connectivity index (χ1) is 13.2. The van der Waals surface area contributed by atoms with E-state index in [-0.39, 0.29) is 0 Å². The zero-order valence-corrected chi connectivity index (χ0v) is 17.1. The Hall–Kier alpha value is -2.27. The molecule has 0 spiro atoms. The number of nitrogens with zero attached hydrogens (tertiary/aromatic N) is 5. The highest BCUT2D eigenvalue weighted by Gasteiger charge is 2.21. The predicted molar refractivity (Wildman–Crippen MR) is 112 cm³/mol. The number of halogens is 1. The van der Waals surface area contributed by atoms with Gasteiger partial charge in [0.25, 0.3) is 0 Å². The van der Waals surface area contributed by atoms with Crippen LogP contribution in [0.1, 0.15) is 11.3 Å². The van der Waals surface area contributed by atoms with Crippen LogP contribution in [-0.4, -0.2) is 41.0 Å². The molecule has 0 aliphatic carbocycles. The molecule has 3 aromatic rings. The Morgan fingerprint density at radius 3 is 2.78 bits per heavy atom. The van der Waals surface area contributed by atoms with Gasteiger partial charge >= 0.3 is 0 Å². The van der Waals surface area contributed by atoms with Crippen LogP contribution in [0.3, 0.4) is 0 Å². The number of pyridine rings is 1. The van der Waals surface area contributed by atoms with Crippen molar-refractivity contribution >= 4 is 33.1 Å². The molecule has 1 fully saturated rings. The van der Waals surface area contributed by atoms with Crippen molar-refractivity contribution in [3.05, 3.63) is 63.7 Å². The van der Waals surface area contributed by atoms with Gasteiger partial charge in [0.1, 0.15) is 16.9 Å². The first kappa shape index (κ1) is 18.1. The summed E-state index contributed by atoms with van der Waals surface area (Å²) < 4.78 is 1.07. The third kappa shape index (κ3) is 4.19. The molecule has 0 radical (unpaired) electrons. The van der Waals surface area contributed by atoms with E-state index in [9.17, 15) is 5.26 Å². The summed E-state index contributed by atoms with van der Waals surface area (Å²) in [7, 11) is 0. The van der Waals surface area contributed by atoms with Crippen LogP contribution in [-0.2, 0) is 6.54 Å². The van der Waals surface area contributed by atoms with Gasteiger partial charge in [-0.2, -0.15) is 5.26 Å². The molecule has 0 atom stereocenters. The fourth-order valence-corrected chi connectivity index (χ4v) is 4.42. The van der Waals surface area contributed by atoms with Gasteiger partial charge in [-0.25, -0.2) is 9.97 Å². The summed E-state index contributed by atoms with van der Waals surface area (Å²) in [6, 6.07) is 14.1. The van der Waals surface area contributed by atoms with E-state index in [0.29, 0.717) is 5.56 Å². The molecule has 1 aromatic carbocycles. The highest BCUT2D eigenvalue weighted by atomic mass is 79.9. The van der Waals surface area contributed by atoms with Crippen molar-refractivity contribution in [3.8, 4) is 16.6 Å². The lowest BCUT2D eigenvalue weighted by Crippen LogP contribution is -2.46. The topological polar surface area (TPSA) is 56.1 Å². The van der Waals surface area contributed by atoms with E-state index in [1.807, 2.05) is 24.3 Å². The van der Waals surface area contributed by atoms with Gasteiger partial charge < -0.3 is 4.90 Å². The average molecular weight is 440 g/mol. The van der Waals surface area contributed by atoms with Gasteiger partial charge in [0.05, 0.1) is 11.3 Å². The summed E-state index contributed by atoms with van der Waals surface area (Å²) >= 11 is 5.21. The monoisotopic (exact) mass is 439 g/mol. The molecule has 27 heavy (non-hydrogen) atoms. The molecule has 0 amide bonds. The number of anilines is 1. The molecule has 2 aromatic heterocycles. The molecule has 136 valence electrons. The van der Waals surface area contributed by atoms with Gasteiger partial charge in [-0.05, 0) is 24.3 Å². The van der Waals surface area contributed by atoms with Crippen molar-refractivity contribution in [1.29, 1.82) is 5.26 Å². The number of piperazine rings is 1. The number of hydrogen-bond donors (Lipinski definition) is 0. The Labute approximate surface area is 171 Å². The van der Waals surface area contributed by atoms with Crippen molar-refractivity contribution in [2.45, 2.75) is 6.54 Å². The Bertz CT molecular complexity index is 972. The fraction of sp³-hybridized carbons (Fsp3) is 0.250. The molecule has 4 rings (SSSR count). The molecule has 1 aliphatic heterocycles. The van der Waals surface area contributed by atoms with E-state index in [1.165, 1.54) is 0 Å². The molecule has 0 unspecified atom stereocenters. The lowest BCUT2D eigenvalue weighted by atomic mass is 10.2. The van der Waals surface area contributed by atoms with Crippen molar-refractivity contribution in [3.63, 3.8) is 0 Å². The van der Waals surface area contributed by atoms with Crippen LogP contribution in [0.25, 0.3) is 10.6 Å². The number of benzene rings is 1. The SMILES string of the molecule is N#Cc1cccnc1N1CCN(Cc2csc(-c3cccc(Br)c3)n2)CC1.